The number of benzene rings is 2. The minimum absolute atomic E-state index is 0.0923. The molecule has 1 heterocycles. The first-order valence-corrected chi connectivity index (χ1v) is 8.11. The molecule has 26 heavy (non-hydrogen) atoms. The van der Waals surface area contributed by atoms with E-state index in [-0.39, 0.29) is 12.3 Å². The van der Waals surface area contributed by atoms with Crippen molar-refractivity contribution in [1.82, 2.24) is 4.90 Å². The van der Waals surface area contributed by atoms with Crippen LogP contribution in [0.1, 0.15) is 16.7 Å². The summed E-state index contributed by atoms with van der Waals surface area (Å²) in [6.45, 7) is 1.30. The summed E-state index contributed by atoms with van der Waals surface area (Å²) in [5.41, 5.74) is 0.435. The summed E-state index contributed by atoms with van der Waals surface area (Å²) < 4.78 is 49.3. The monoisotopic (exact) mass is 365 g/mol. The molecule has 138 valence electrons. The lowest BCUT2D eigenvalue weighted by molar-refractivity contribution is -0.138. The normalized spacial score (nSPS) is 13.4. The van der Waals surface area contributed by atoms with Gasteiger partial charge in [-0.2, -0.15) is 13.2 Å². The molecule has 2 aromatic carbocycles. The molecule has 0 fully saturated rings. The molecule has 0 unspecified atom stereocenters. The van der Waals surface area contributed by atoms with Gasteiger partial charge < -0.3 is 14.4 Å². The fourth-order valence-corrected chi connectivity index (χ4v) is 2.72. The second kappa shape index (κ2) is 7.27. The third kappa shape index (κ3) is 4.28. The Morgan fingerprint density at radius 1 is 1.04 bits per heavy atom. The Bertz CT molecular complexity index is 805. The van der Waals surface area contributed by atoms with Crippen LogP contribution in [0.25, 0.3) is 0 Å². The second-order valence-electron chi connectivity index (χ2n) is 6.10. The van der Waals surface area contributed by atoms with Crippen LogP contribution >= 0.6 is 0 Å². The van der Waals surface area contributed by atoms with Crippen LogP contribution in [0.2, 0.25) is 0 Å². The highest BCUT2D eigenvalue weighted by Crippen LogP contribution is 2.31. The lowest BCUT2D eigenvalue weighted by Crippen LogP contribution is -2.28. The van der Waals surface area contributed by atoms with Gasteiger partial charge in [-0.3, -0.25) is 4.79 Å². The van der Waals surface area contributed by atoms with Crippen LogP contribution in [-0.4, -0.2) is 31.1 Å². The number of ether oxygens (including phenoxy) is 2. The first-order chi connectivity index (χ1) is 12.3. The van der Waals surface area contributed by atoms with Gasteiger partial charge in [0.05, 0.1) is 12.0 Å². The maximum Gasteiger partial charge on any atom is 0.416 e. The van der Waals surface area contributed by atoms with Gasteiger partial charge in [0.2, 0.25) is 5.91 Å². The molecule has 0 spiro atoms. The van der Waals surface area contributed by atoms with Crippen molar-refractivity contribution in [3.8, 4) is 11.5 Å². The first-order valence-electron chi connectivity index (χ1n) is 8.11. The summed E-state index contributed by atoms with van der Waals surface area (Å²) in [5.74, 6) is 1.03. The Balaban J connectivity index is 1.65. The highest BCUT2D eigenvalue weighted by molar-refractivity contribution is 5.78. The molecule has 1 aliphatic rings. The number of carbonyl (C=O) groups is 1. The summed E-state index contributed by atoms with van der Waals surface area (Å²) in [5, 5.41) is 0. The minimum Gasteiger partial charge on any atom is -0.486 e. The lowest BCUT2D eigenvalue weighted by atomic mass is 10.1. The zero-order chi connectivity index (χ0) is 18.7. The first kappa shape index (κ1) is 18.1. The Morgan fingerprint density at radius 2 is 1.77 bits per heavy atom. The van der Waals surface area contributed by atoms with E-state index in [2.05, 4.69) is 0 Å². The molecule has 0 aliphatic carbocycles. The van der Waals surface area contributed by atoms with Crippen LogP contribution in [0.4, 0.5) is 13.2 Å². The highest BCUT2D eigenvalue weighted by atomic mass is 19.4. The predicted molar refractivity (Wildman–Crippen MR) is 89.1 cm³/mol. The number of alkyl halides is 3. The van der Waals surface area contributed by atoms with Gasteiger partial charge in [0, 0.05) is 13.6 Å². The van der Waals surface area contributed by atoms with E-state index in [1.54, 1.807) is 13.1 Å². The topological polar surface area (TPSA) is 38.8 Å². The summed E-state index contributed by atoms with van der Waals surface area (Å²) >= 11 is 0. The van der Waals surface area contributed by atoms with E-state index < -0.39 is 11.7 Å². The average molecular weight is 365 g/mol. The van der Waals surface area contributed by atoms with Crippen molar-refractivity contribution in [3.63, 3.8) is 0 Å². The zero-order valence-corrected chi connectivity index (χ0v) is 14.2. The van der Waals surface area contributed by atoms with Crippen molar-refractivity contribution in [2.45, 2.75) is 19.1 Å². The molecule has 0 radical (unpaired) electrons. The Morgan fingerprint density at radius 3 is 2.50 bits per heavy atom. The van der Waals surface area contributed by atoms with Crippen molar-refractivity contribution < 1.29 is 27.4 Å². The molecule has 0 N–H and O–H groups in total. The predicted octanol–water partition coefficient (Wildman–Crippen LogP) is 3.68. The van der Waals surface area contributed by atoms with Crippen molar-refractivity contribution in [2.75, 3.05) is 20.3 Å². The van der Waals surface area contributed by atoms with Gasteiger partial charge >= 0.3 is 6.18 Å². The number of hydrogen-bond acceptors (Lipinski definition) is 3. The smallest absolute Gasteiger partial charge is 0.416 e. The number of nitrogens with zero attached hydrogens (tertiary/aromatic N) is 1. The fourth-order valence-electron chi connectivity index (χ4n) is 2.72. The van der Waals surface area contributed by atoms with Crippen LogP contribution in [0.3, 0.4) is 0 Å². The highest BCUT2D eigenvalue weighted by Gasteiger charge is 2.30. The van der Waals surface area contributed by atoms with Crippen LogP contribution < -0.4 is 9.47 Å². The van der Waals surface area contributed by atoms with Gasteiger partial charge in [-0.1, -0.05) is 24.3 Å². The van der Waals surface area contributed by atoms with Gasteiger partial charge in [-0.25, -0.2) is 0 Å². The fraction of sp³-hybridized carbons (Fsp3) is 0.316. The number of hydrogen-bond donors (Lipinski definition) is 0. The largest absolute Gasteiger partial charge is 0.486 e. The molecule has 2 aromatic rings. The van der Waals surface area contributed by atoms with E-state index in [1.807, 2.05) is 12.1 Å². The average Bonchev–Trinajstić information content (AvgIpc) is 2.61. The number of amides is 1. The summed E-state index contributed by atoms with van der Waals surface area (Å²) in [4.78, 5) is 13.8. The number of rotatable bonds is 4. The molecular formula is C19H18F3NO3. The SMILES string of the molecule is CN(Cc1ccc2c(c1)OCCO2)C(=O)Cc1cccc(C(F)(F)F)c1. The van der Waals surface area contributed by atoms with Crippen LogP contribution in [0.5, 0.6) is 11.5 Å². The van der Waals surface area contributed by atoms with Gasteiger partial charge in [0.15, 0.2) is 11.5 Å². The number of likely N-dealkylation sites (N-methyl/N-ethyl adjacent to an activating group) is 1. The van der Waals surface area contributed by atoms with Gasteiger partial charge in [-0.05, 0) is 29.3 Å². The van der Waals surface area contributed by atoms with E-state index in [0.29, 0.717) is 36.8 Å². The van der Waals surface area contributed by atoms with Crippen LogP contribution in [-0.2, 0) is 23.9 Å². The van der Waals surface area contributed by atoms with E-state index in [0.717, 1.165) is 17.7 Å². The molecule has 0 aromatic heterocycles. The van der Waals surface area contributed by atoms with E-state index in [4.69, 9.17) is 9.47 Å². The number of halogens is 3. The quantitative estimate of drug-likeness (QED) is 0.830. The molecule has 3 rings (SSSR count). The molecular weight excluding hydrogens is 347 g/mol. The molecule has 7 heteroatoms. The molecule has 0 atom stereocenters. The van der Waals surface area contributed by atoms with E-state index in [1.165, 1.54) is 17.0 Å². The van der Waals surface area contributed by atoms with Crippen molar-refractivity contribution in [1.29, 1.82) is 0 Å². The lowest BCUT2D eigenvalue weighted by Gasteiger charge is -2.21. The van der Waals surface area contributed by atoms with Crippen LogP contribution in [0, 0.1) is 0 Å². The third-order valence-corrected chi connectivity index (χ3v) is 4.06. The van der Waals surface area contributed by atoms with E-state index >= 15 is 0 Å². The van der Waals surface area contributed by atoms with Crippen molar-refractivity contribution in [3.05, 3.63) is 59.2 Å². The number of carbonyl (C=O) groups excluding carboxylic acids is 1. The van der Waals surface area contributed by atoms with Gasteiger partial charge in [-0.15, -0.1) is 0 Å². The maximum atomic E-state index is 12.8. The second-order valence-corrected chi connectivity index (χ2v) is 6.10. The Kier molecular flexibility index (Phi) is 5.06. The van der Waals surface area contributed by atoms with Gasteiger partial charge in [0.1, 0.15) is 13.2 Å². The van der Waals surface area contributed by atoms with Crippen LogP contribution in [0.15, 0.2) is 42.5 Å². The molecule has 1 amide bonds. The Labute approximate surface area is 149 Å². The molecule has 0 saturated heterocycles. The third-order valence-electron chi connectivity index (χ3n) is 4.06. The van der Waals surface area contributed by atoms with Crippen molar-refractivity contribution >= 4 is 5.91 Å². The summed E-state index contributed by atoms with van der Waals surface area (Å²) in [6, 6.07) is 10.3. The molecule has 0 bridgehead atoms. The summed E-state index contributed by atoms with van der Waals surface area (Å²) in [6.07, 6.45) is -4.51. The minimum atomic E-state index is -4.42. The van der Waals surface area contributed by atoms with Gasteiger partial charge in [0.25, 0.3) is 0 Å². The van der Waals surface area contributed by atoms with Crippen molar-refractivity contribution in [2.24, 2.45) is 0 Å². The maximum absolute atomic E-state index is 12.8. The number of fused-ring (bicyclic) bond motifs is 1. The molecule has 1 aliphatic heterocycles. The standard InChI is InChI=1S/C19H18F3NO3/c1-23(12-14-5-6-16-17(10-14)26-8-7-25-16)18(24)11-13-3-2-4-15(9-13)19(20,21)22/h2-6,9-10H,7-8,11-12H2,1H3. The zero-order valence-electron chi connectivity index (χ0n) is 14.2. The summed E-state index contributed by atoms with van der Waals surface area (Å²) in [7, 11) is 1.62. The molecule has 0 saturated carbocycles. The Hall–Kier alpha value is -2.70. The van der Waals surface area contributed by atoms with E-state index in [9.17, 15) is 18.0 Å². The molecule has 4 nitrogen and oxygen atoms in total.